The van der Waals surface area contributed by atoms with E-state index in [1.54, 1.807) is 32.4 Å². The molecule has 4 heteroatoms. The third-order valence-electron chi connectivity index (χ3n) is 2.96. The molecule has 21 heavy (non-hydrogen) atoms. The van der Waals surface area contributed by atoms with E-state index in [1.807, 2.05) is 30.3 Å². The van der Waals surface area contributed by atoms with Crippen molar-refractivity contribution in [2.24, 2.45) is 0 Å². The Kier molecular flexibility index (Phi) is 5.17. The van der Waals surface area contributed by atoms with Gasteiger partial charge in [0.15, 0.2) is 17.3 Å². The first-order valence-electron chi connectivity index (χ1n) is 6.34. The van der Waals surface area contributed by atoms with Crippen LogP contribution in [0.2, 0.25) is 0 Å². The summed E-state index contributed by atoms with van der Waals surface area (Å²) in [6.07, 6.45) is 3.25. The zero-order valence-electron chi connectivity index (χ0n) is 11.8. The molecule has 2 rings (SSSR count). The quantitative estimate of drug-likeness (QED) is 0.595. The van der Waals surface area contributed by atoms with Crippen molar-refractivity contribution in [2.45, 2.75) is 0 Å². The van der Waals surface area contributed by atoms with Crippen LogP contribution in [0.1, 0.15) is 15.9 Å². The summed E-state index contributed by atoms with van der Waals surface area (Å²) in [4.78, 5) is 12.1. The van der Waals surface area contributed by atoms with Crippen molar-refractivity contribution in [1.29, 1.82) is 0 Å². The van der Waals surface area contributed by atoms with Crippen LogP contribution in [0.15, 0.2) is 53.0 Å². The number of rotatable bonds is 5. The lowest BCUT2D eigenvalue weighted by Gasteiger charge is -2.09. The predicted molar refractivity (Wildman–Crippen MR) is 87.1 cm³/mol. The Morgan fingerprint density at radius 1 is 1.10 bits per heavy atom. The van der Waals surface area contributed by atoms with Crippen LogP contribution < -0.4 is 9.47 Å². The van der Waals surface area contributed by atoms with Crippen molar-refractivity contribution in [3.63, 3.8) is 0 Å². The third kappa shape index (κ3) is 3.73. The first-order valence-corrected chi connectivity index (χ1v) is 7.14. The molecule has 0 radical (unpaired) electrons. The maximum absolute atomic E-state index is 12.1. The molecule has 0 N–H and O–H groups in total. The molecule has 108 valence electrons. The van der Waals surface area contributed by atoms with Crippen LogP contribution in [0.4, 0.5) is 0 Å². The molecule has 0 aliphatic rings. The minimum Gasteiger partial charge on any atom is -0.493 e. The molecule has 2 aromatic carbocycles. The fourth-order valence-electron chi connectivity index (χ4n) is 1.95. The minimum absolute atomic E-state index is 0.0684. The molecule has 2 aromatic rings. The van der Waals surface area contributed by atoms with Gasteiger partial charge in [0.2, 0.25) is 0 Å². The van der Waals surface area contributed by atoms with E-state index < -0.39 is 0 Å². The second kappa shape index (κ2) is 7.09. The van der Waals surface area contributed by atoms with Gasteiger partial charge in [-0.15, -0.1) is 0 Å². The van der Waals surface area contributed by atoms with Crippen LogP contribution >= 0.6 is 15.9 Å². The lowest BCUT2D eigenvalue weighted by Crippen LogP contribution is -1.95. The van der Waals surface area contributed by atoms with Crippen molar-refractivity contribution >= 4 is 27.8 Å². The minimum atomic E-state index is -0.0684. The monoisotopic (exact) mass is 346 g/mol. The fourth-order valence-corrected chi connectivity index (χ4v) is 2.35. The number of halogens is 1. The van der Waals surface area contributed by atoms with Crippen molar-refractivity contribution < 1.29 is 14.3 Å². The van der Waals surface area contributed by atoms with Crippen LogP contribution in [0, 0.1) is 0 Å². The standard InChI is InChI=1S/C17H15BrO3/c1-20-16-8-4-5-12(17(16)21-2)9-10-15(19)13-6-3-7-14(18)11-13/h3-11H,1-2H3/b10-9+. The number of hydrogen-bond donors (Lipinski definition) is 0. The summed E-state index contributed by atoms with van der Waals surface area (Å²) in [6.45, 7) is 0. The fraction of sp³-hybridized carbons (Fsp3) is 0.118. The van der Waals surface area contributed by atoms with Gasteiger partial charge in [0, 0.05) is 15.6 Å². The highest BCUT2D eigenvalue weighted by Crippen LogP contribution is 2.31. The van der Waals surface area contributed by atoms with Crippen molar-refractivity contribution in [3.05, 3.63) is 64.1 Å². The maximum Gasteiger partial charge on any atom is 0.185 e. The van der Waals surface area contributed by atoms with E-state index >= 15 is 0 Å². The average molecular weight is 347 g/mol. The van der Waals surface area contributed by atoms with E-state index in [0.29, 0.717) is 17.1 Å². The molecule has 0 unspecified atom stereocenters. The number of allylic oxidation sites excluding steroid dienone is 1. The van der Waals surface area contributed by atoms with Crippen LogP contribution in [0.25, 0.3) is 6.08 Å². The maximum atomic E-state index is 12.1. The number of benzene rings is 2. The van der Waals surface area contributed by atoms with Crippen LogP contribution in [-0.2, 0) is 0 Å². The molecule has 0 amide bonds. The molecule has 0 saturated heterocycles. The zero-order chi connectivity index (χ0) is 15.2. The van der Waals surface area contributed by atoms with E-state index in [9.17, 15) is 4.79 Å². The highest BCUT2D eigenvalue weighted by Gasteiger charge is 2.08. The van der Waals surface area contributed by atoms with Gasteiger partial charge in [0.25, 0.3) is 0 Å². The lowest BCUT2D eigenvalue weighted by atomic mass is 10.1. The Morgan fingerprint density at radius 2 is 1.86 bits per heavy atom. The molecule has 0 aliphatic carbocycles. The highest BCUT2D eigenvalue weighted by molar-refractivity contribution is 9.10. The first kappa shape index (κ1) is 15.3. The zero-order valence-corrected chi connectivity index (χ0v) is 13.4. The third-order valence-corrected chi connectivity index (χ3v) is 3.45. The number of para-hydroxylation sites is 1. The predicted octanol–water partition coefficient (Wildman–Crippen LogP) is 4.36. The highest BCUT2D eigenvalue weighted by atomic mass is 79.9. The van der Waals surface area contributed by atoms with E-state index in [4.69, 9.17) is 9.47 Å². The van der Waals surface area contributed by atoms with Gasteiger partial charge in [-0.2, -0.15) is 0 Å². The van der Waals surface area contributed by atoms with Gasteiger partial charge >= 0.3 is 0 Å². The lowest BCUT2D eigenvalue weighted by molar-refractivity contribution is 0.104. The van der Waals surface area contributed by atoms with Crippen molar-refractivity contribution in [3.8, 4) is 11.5 Å². The summed E-state index contributed by atoms with van der Waals surface area (Å²) in [5.41, 5.74) is 1.42. The molecule has 0 heterocycles. The Hall–Kier alpha value is -2.07. The van der Waals surface area contributed by atoms with E-state index in [0.717, 1.165) is 10.0 Å². The number of hydrogen-bond acceptors (Lipinski definition) is 3. The molecule has 0 fully saturated rings. The second-order valence-corrected chi connectivity index (χ2v) is 5.21. The number of carbonyl (C=O) groups excluding carboxylic acids is 1. The van der Waals surface area contributed by atoms with Gasteiger partial charge in [0.05, 0.1) is 14.2 Å². The van der Waals surface area contributed by atoms with Crippen LogP contribution in [0.3, 0.4) is 0 Å². The number of methoxy groups -OCH3 is 2. The molecule has 0 atom stereocenters. The summed E-state index contributed by atoms with van der Waals surface area (Å²) in [5, 5.41) is 0. The Balaban J connectivity index is 2.27. The summed E-state index contributed by atoms with van der Waals surface area (Å²) in [7, 11) is 3.16. The largest absolute Gasteiger partial charge is 0.493 e. The number of carbonyl (C=O) groups is 1. The van der Waals surface area contributed by atoms with E-state index in [1.165, 1.54) is 6.08 Å². The van der Waals surface area contributed by atoms with Gasteiger partial charge in [-0.25, -0.2) is 0 Å². The summed E-state index contributed by atoms with van der Waals surface area (Å²) >= 11 is 3.36. The van der Waals surface area contributed by atoms with Crippen molar-refractivity contribution in [2.75, 3.05) is 14.2 Å². The SMILES string of the molecule is COc1cccc(/C=C/C(=O)c2cccc(Br)c2)c1OC. The summed E-state index contributed by atoms with van der Waals surface area (Å²) < 4.78 is 11.4. The summed E-state index contributed by atoms with van der Waals surface area (Å²) in [5.74, 6) is 1.18. The van der Waals surface area contributed by atoms with Crippen molar-refractivity contribution in [1.82, 2.24) is 0 Å². The first-order chi connectivity index (χ1) is 10.2. The Bertz CT molecular complexity index is 677. The number of ether oxygens (including phenoxy) is 2. The smallest absolute Gasteiger partial charge is 0.185 e. The molecular formula is C17H15BrO3. The van der Waals surface area contributed by atoms with E-state index in [-0.39, 0.29) is 5.78 Å². The van der Waals surface area contributed by atoms with Gasteiger partial charge in [-0.05, 0) is 30.4 Å². The topological polar surface area (TPSA) is 35.5 Å². The van der Waals surface area contributed by atoms with Gasteiger partial charge in [-0.3, -0.25) is 4.79 Å². The number of ketones is 1. The van der Waals surface area contributed by atoms with Crippen LogP contribution in [-0.4, -0.2) is 20.0 Å². The molecule has 0 bridgehead atoms. The Labute approximate surface area is 132 Å². The summed E-state index contributed by atoms with van der Waals surface area (Å²) in [6, 6.07) is 12.8. The Morgan fingerprint density at radius 3 is 2.52 bits per heavy atom. The van der Waals surface area contributed by atoms with E-state index in [2.05, 4.69) is 15.9 Å². The average Bonchev–Trinajstić information content (AvgIpc) is 2.51. The van der Waals surface area contributed by atoms with Gasteiger partial charge < -0.3 is 9.47 Å². The molecule has 3 nitrogen and oxygen atoms in total. The molecular weight excluding hydrogens is 332 g/mol. The van der Waals surface area contributed by atoms with Gasteiger partial charge in [0.1, 0.15) is 0 Å². The van der Waals surface area contributed by atoms with Gasteiger partial charge in [-0.1, -0.05) is 40.2 Å². The molecule has 0 saturated carbocycles. The molecule has 0 aliphatic heterocycles. The second-order valence-electron chi connectivity index (χ2n) is 4.29. The normalized spacial score (nSPS) is 10.6. The van der Waals surface area contributed by atoms with Crippen LogP contribution in [0.5, 0.6) is 11.5 Å². The molecule has 0 aromatic heterocycles. The molecule has 0 spiro atoms.